The smallest absolute Gasteiger partial charge is 0.338 e. The van der Waals surface area contributed by atoms with Crippen LogP contribution in [0.5, 0.6) is 0 Å². The Morgan fingerprint density at radius 1 is 1.10 bits per heavy atom. The highest BCUT2D eigenvalue weighted by Crippen LogP contribution is 2.31. The van der Waals surface area contributed by atoms with E-state index in [-0.39, 0.29) is 17.7 Å². The van der Waals surface area contributed by atoms with E-state index in [9.17, 15) is 14.4 Å². The maximum absolute atomic E-state index is 13.8. The molecule has 3 heterocycles. The van der Waals surface area contributed by atoms with Gasteiger partial charge in [0, 0.05) is 11.6 Å². The molecule has 2 aromatic heterocycles. The van der Waals surface area contributed by atoms with Gasteiger partial charge in [0.2, 0.25) is 0 Å². The van der Waals surface area contributed by atoms with Crippen LogP contribution in [0.2, 0.25) is 5.02 Å². The molecule has 0 aliphatic carbocycles. The average Bonchev–Trinajstić information content (AvgIpc) is 3.52. The second-order valence-corrected chi connectivity index (χ2v) is 10.0. The minimum atomic E-state index is -0.801. The topological polar surface area (TPSA) is 100 Å². The van der Waals surface area contributed by atoms with Crippen LogP contribution >= 0.6 is 22.9 Å². The van der Waals surface area contributed by atoms with Crippen LogP contribution in [0.15, 0.2) is 86.1 Å². The van der Waals surface area contributed by atoms with E-state index >= 15 is 0 Å². The number of hydrogen-bond donors (Lipinski definition) is 0. The Bertz CT molecular complexity index is 1800. The van der Waals surface area contributed by atoms with Crippen LogP contribution in [-0.2, 0) is 14.3 Å². The van der Waals surface area contributed by atoms with Crippen LogP contribution in [0.3, 0.4) is 0 Å². The Morgan fingerprint density at radius 2 is 1.85 bits per heavy atom. The number of rotatable bonds is 6. The van der Waals surface area contributed by atoms with Crippen LogP contribution in [-0.4, -0.2) is 30.2 Å². The molecule has 10 heteroatoms. The van der Waals surface area contributed by atoms with Crippen molar-refractivity contribution in [3.05, 3.63) is 114 Å². The zero-order chi connectivity index (χ0) is 27.7. The third-order valence-electron chi connectivity index (χ3n) is 6.20. The number of allylic oxidation sites excluding steroid dienone is 1. The molecular weight excluding hydrogens is 540 g/mol. The fraction of sp³-hybridized carbons (Fsp3) is 0.172. The Balaban J connectivity index is 1.63. The lowest BCUT2D eigenvalue weighted by atomic mass is 9.95. The summed E-state index contributed by atoms with van der Waals surface area (Å²) >= 11 is 7.49. The summed E-state index contributed by atoms with van der Waals surface area (Å²) in [5.41, 5.74) is 2.06. The Hall–Kier alpha value is -4.21. The zero-order valence-electron chi connectivity index (χ0n) is 21.3. The summed E-state index contributed by atoms with van der Waals surface area (Å²) in [5, 5.41) is 0.554. The summed E-state index contributed by atoms with van der Waals surface area (Å²) in [6, 6.07) is 16.6. The standard InChI is InChI=1S/C29H23ClN2O6S/c1-4-37-28(35)24-16(2)31-29-32(25(24)17-9-11-18(12-10-17)27(34)36-3)26(33)23(39-29)15-19-13-14-22(38-19)20-7-5-6-8-21(20)30/h5-15,25H,4H2,1-3H3. The number of esters is 2. The summed E-state index contributed by atoms with van der Waals surface area (Å²) in [4.78, 5) is 43.8. The normalized spacial score (nSPS) is 15.1. The first-order valence-corrected chi connectivity index (χ1v) is 13.2. The second kappa shape index (κ2) is 10.9. The molecule has 1 atom stereocenters. The highest BCUT2D eigenvalue weighted by molar-refractivity contribution is 7.07. The third-order valence-corrected chi connectivity index (χ3v) is 7.52. The van der Waals surface area contributed by atoms with Crippen molar-refractivity contribution in [3.63, 3.8) is 0 Å². The van der Waals surface area contributed by atoms with Crippen LogP contribution < -0.4 is 14.9 Å². The van der Waals surface area contributed by atoms with E-state index in [0.29, 0.717) is 42.7 Å². The van der Waals surface area contributed by atoms with E-state index in [1.54, 1.807) is 62.4 Å². The SMILES string of the molecule is CCOC(=O)C1=C(C)N=c2sc(=Cc3ccc(-c4ccccc4Cl)o3)c(=O)n2C1c1ccc(C(=O)OC)cc1. The number of carbonyl (C=O) groups excluding carboxylic acids is 2. The molecule has 0 N–H and O–H groups in total. The van der Waals surface area contributed by atoms with Gasteiger partial charge in [0.1, 0.15) is 11.5 Å². The summed E-state index contributed by atoms with van der Waals surface area (Å²) in [6.07, 6.45) is 1.64. The fourth-order valence-electron chi connectivity index (χ4n) is 4.39. The number of fused-ring (bicyclic) bond motifs is 1. The monoisotopic (exact) mass is 562 g/mol. The molecule has 0 spiro atoms. The summed E-state index contributed by atoms with van der Waals surface area (Å²) in [6.45, 7) is 3.59. The lowest BCUT2D eigenvalue weighted by Crippen LogP contribution is -2.39. The molecule has 5 rings (SSSR count). The molecule has 0 amide bonds. The van der Waals surface area contributed by atoms with Crippen LogP contribution in [0.1, 0.15) is 41.6 Å². The molecular formula is C29H23ClN2O6S. The quantitative estimate of drug-likeness (QED) is 0.321. The molecule has 4 aromatic rings. The minimum absolute atomic E-state index is 0.167. The van der Waals surface area contributed by atoms with Crippen LogP contribution in [0.4, 0.5) is 0 Å². The molecule has 0 saturated carbocycles. The molecule has 39 heavy (non-hydrogen) atoms. The number of thiazole rings is 1. The van der Waals surface area contributed by atoms with Crippen molar-refractivity contribution in [2.75, 3.05) is 13.7 Å². The summed E-state index contributed by atoms with van der Waals surface area (Å²) in [5.74, 6) is -0.0120. The molecule has 1 aliphatic rings. The number of nitrogens with zero attached hydrogens (tertiary/aromatic N) is 2. The molecule has 0 saturated heterocycles. The maximum Gasteiger partial charge on any atom is 0.338 e. The van der Waals surface area contributed by atoms with E-state index in [1.807, 2.05) is 18.2 Å². The third kappa shape index (κ3) is 4.98. The molecule has 8 nitrogen and oxygen atoms in total. The first-order chi connectivity index (χ1) is 18.8. The van der Waals surface area contributed by atoms with E-state index in [0.717, 1.165) is 5.56 Å². The van der Waals surface area contributed by atoms with Crippen molar-refractivity contribution in [2.45, 2.75) is 19.9 Å². The number of benzene rings is 2. The molecule has 2 aromatic carbocycles. The van der Waals surface area contributed by atoms with Gasteiger partial charge in [0.15, 0.2) is 4.80 Å². The highest BCUT2D eigenvalue weighted by Gasteiger charge is 2.33. The molecule has 0 bridgehead atoms. The van der Waals surface area contributed by atoms with Crippen molar-refractivity contribution in [3.8, 4) is 11.3 Å². The molecule has 1 unspecified atom stereocenters. The number of ether oxygens (including phenoxy) is 2. The van der Waals surface area contributed by atoms with E-state index in [2.05, 4.69) is 4.99 Å². The first-order valence-electron chi connectivity index (χ1n) is 12.0. The lowest BCUT2D eigenvalue weighted by molar-refractivity contribution is -0.139. The summed E-state index contributed by atoms with van der Waals surface area (Å²) < 4.78 is 17.9. The van der Waals surface area contributed by atoms with Gasteiger partial charge in [-0.1, -0.05) is 47.2 Å². The van der Waals surface area contributed by atoms with Crippen molar-refractivity contribution in [1.82, 2.24) is 4.57 Å². The number of methoxy groups -OCH3 is 1. The second-order valence-electron chi connectivity index (χ2n) is 8.60. The first kappa shape index (κ1) is 26.4. The summed E-state index contributed by atoms with van der Waals surface area (Å²) in [7, 11) is 1.30. The fourth-order valence-corrected chi connectivity index (χ4v) is 5.65. The molecule has 198 valence electrons. The highest BCUT2D eigenvalue weighted by atomic mass is 35.5. The maximum atomic E-state index is 13.8. The predicted molar refractivity (Wildman–Crippen MR) is 147 cm³/mol. The van der Waals surface area contributed by atoms with Crippen molar-refractivity contribution in [1.29, 1.82) is 0 Å². The van der Waals surface area contributed by atoms with E-state index < -0.39 is 18.0 Å². The van der Waals surface area contributed by atoms with E-state index in [1.165, 1.54) is 23.0 Å². The minimum Gasteiger partial charge on any atom is -0.465 e. The number of furan rings is 1. The van der Waals surface area contributed by atoms with Gasteiger partial charge < -0.3 is 13.9 Å². The van der Waals surface area contributed by atoms with E-state index in [4.69, 9.17) is 25.5 Å². The van der Waals surface area contributed by atoms with Gasteiger partial charge in [-0.25, -0.2) is 14.6 Å². The van der Waals surface area contributed by atoms with Gasteiger partial charge in [-0.05, 0) is 55.8 Å². The van der Waals surface area contributed by atoms with Crippen molar-refractivity contribution < 1.29 is 23.5 Å². The Labute approximate surface area is 232 Å². The Morgan fingerprint density at radius 3 is 2.54 bits per heavy atom. The van der Waals surface area contributed by atoms with Gasteiger partial charge in [-0.2, -0.15) is 0 Å². The zero-order valence-corrected chi connectivity index (χ0v) is 22.8. The van der Waals surface area contributed by atoms with Crippen LogP contribution in [0.25, 0.3) is 17.4 Å². The number of aromatic nitrogens is 1. The number of carbonyl (C=O) groups is 2. The lowest BCUT2D eigenvalue weighted by Gasteiger charge is -2.24. The largest absolute Gasteiger partial charge is 0.465 e. The number of halogens is 1. The molecule has 1 aliphatic heterocycles. The van der Waals surface area contributed by atoms with Crippen molar-refractivity contribution >= 4 is 41.0 Å². The van der Waals surface area contributed by atoms with Gasteiger partial charge in [0.05, 0.1) is 46.1 Å². The van der Waals surface area contributed by atoms with Gasteiger partial charge >= 0.3 is 11.9 Å². The van der Waals surface area contributed by atoms with Crippen LogP contribution in [0, 0.1) is 0 Å². The van der Waals surface area contributed by atoms with Gasteiger partial charge in [-0.3, -0.25) is 9.36 Å². The van der Waals surface area contributed by atoms with Gasteiger partial charge in [-0.15, -0.1) is 0 Å². The predicted octanol–water partition coefficient (Wildman–Crippen LogP) is 4.50. The number of hydrogen-bond acceptors (Lipinski definition) is 8. The Kier molecular flexibility index (Phi) is 7.36. The average molecular weight is 563 g/mol. The van der Waals surface area contributed by atoms with Gasteiger partial charge in [0.25, 0.3) is 5.56 Å². The molecule has 0 fully saturated rings. The molecule has 0 radical (unpaired) electrons. The van der Waals surface area contributed by atoms with Crippen molar-refractivity contribution in [2.24, 2.45) is 4.99 Å².